The molecule has 0 aromatic heterocycles. The molecule has 1 saturated heterocycles. The number of carbonyl (C=O) groups is 2. The second-order valence-corrected chi connectivity index (χ2v) is 6.39. The van der Waals surface area contributed by atoms with E-state index in [-0.39, 0.29) is 30.5 Å². The number of amides is 2. The second kappa shape index (κ2) is 7.56. The summed E-state index contributed by atoms with van der Waals surface area (Å²) in [6, 6.07) is 12.1. The first-order chi connectivity index (χ1) is 12.5. The van der Waals surface area contributed by atoms with Gasteiger partial charge in [0, 0.05) is 25.1 Å². The number of methoxy groups -OCH3 is 1. The Bertz CT molecular complexity index is 838. The lowest BCUT2D eigenvalue weighted by atomic mass is 10.1. The van der Waals surface area contributed by atoms with Crippen molar-refractivity contribution in [2.24, 2.45) is 5.92 Å². The quantitative estimate of drug-likeness (QED) is 0.896. The highest BCUT2D eigenvalue weighted by Crippen LogP contribution is 2.28. The van der Waals surface area contributed by atoms with Crippen LogP contribution in [0, 0.1) is 18.7 Å². The van der Waals surface area contributed by atoms with Crippen LogP contribution >= 0.6 is 0 Å². The molecule has 1 aliphatic heterocycles. The summed E-state index contributed by atoms with van der Waals surface area (Å²) >= 11 is 0. The van der Waals surface area contributed by atoms with Gasteiger partial charge in [0.05, 0.1) is 18.7 Å². The van der Waals surface area contributed by atoms with E-state index >= 15 is 0 Å². The predicted molar refractivity (Wildman–Crippen MR) is 96.4 cm³/mol. The smallest absolute Gasteiger partial charge is 0.227 e. The fourth-order valence-corrected chi connectivity index (χ4v) is 3.12. The maximum Gasteiger partial charge on any atom is 0.227 e. The van der Waals surface area contributed by atoms with Crippen molar-refractivity contribution in [3.8, 4) is 5.75 Å². The molecule has 1 heterocycles. The number of nitrogens with one attached hydrogen (secondary N) is 1. The van der Waals surface area contributed by atoms with Crippen LogP contribution in [0.2, 0.25) is 0 Å². The molecule has 1 aliphatic rings. The van der Waals surface area contributed by atoms with Gasteiger partial charge in [0.25, 0.3) is 0 Å². The minimum absolute atomic E-state index is 0.0745. The Hall–Kier alpha value is -2.89. The number of halogens is 1. The van der Waals surface area contributed by atoms with Crippen molar-refractivity contribution in [3.05, 3.63) is 59.4 Å². The Morgan fingerprint density at radius 2 is 2.08 bits per heavy atom. The van der Waals surface area contributed by atoms with Gasteiger partial charge < -0.3 is 15.0 Å². The zero-order chi connectivity index (χ0) is 18.7. The number of hydrogen-bond donors (Lipinski definition) is 1. The first-order valence-electron chi connectivity index (χ1n) is 8.45. The van der Waals surface area contributed by atoms with Crippen LogP contribution in [-0.2, 0) is 16.1 Å². The van der Waals surface area contributed by atoms with Crippen LogP contribution in [0.1, 0.15) is 17.5 Å². The van der Waals surface area contributed by atoms with Crippen molar-refractivity contribution in [1.29, 1.82) is 0 Å². The van der Waals surface area contributed by atoms with Crippen LogP contribution in [0.25, 0.3) is 0 Å². The summed E-state index contributed by atoms with van der Waals surface area (Å²) in [5, 5.41) is 2.84. The van der Waals surface area contributed by atoms with Crippen LogP contribution in [0.4, 0.5) is 10.1 Å². The van der Waals surface area contributed by atoms with Crippen LogP contribution in [0.3, 0.4) is 0 Å². The maximum absolute atomic E-state index is 14.1. The van der Waals surface area contributed by atoms with Gasteiger partial charge in [-0.3, -0.25) is 9.59 Å². The highest BCUT2D eigenvalue weighted by atomic mass is 19.1. The molecule has 5 nitrogen and oxygen atoms in total. The van der Waals surface area contributed by atoms with Crippen molar-refractivity contribution < 1.29 is 18.7 Å². The van der Waals surface area contributed by atoms with Crippen molar-refractivity contribution >= 4 is 17.5 Å². The molecule has 0 spiro atoms. The predicted octanol–water partition coefficient (Wildman–Crippen LogP) is 2.81. The van der Waals surface area contributed by atoms with E-state index in [1.165, 1.54) is 11.0 Å². The lowest BCUT2D eigenvalue weighted by Gasteiger charge is -2.18. The van der Waals surface area contributed by atoms with Gasteiger partial charge in [0.15, 0.2) is 0 Å². The van der Waals surface area contributed by atoms with Gasteiger partial charge in [-0.1, -0.05) is 24.3 Å². The molecule has 0 bridgehead atoms. The molecule has 6 heteroatoms. The first kappa shape index (κ1) is 17.9. The number of aryl methyl sites for hydroxylation is 1. The number of carbonyl (C=O) groups excluding carboxylic acids is 2. The number of nitrogens with zero attached hydrogens (tertiary/aromatic N) is 1. The first-order valence-corrected chi connectivity index (χ1v) is 8.45. The van der Waals surface area contributed by atoms with Crippen LogP contribution in [-0.4, -0.2) is 25.5 Å². The molecule has 2 aromatic rings. The average molecular weight is 356 g/mol. The number of anilines is 1. The summed E-state index contributed by atoms with van der Waals surface area (Å²) < 4.78 is 19.4. The molecule has 0 radical (unpaired) electrons. The standard InChI is InChI=1S/C20H21FN2O3/c1-13-7-8-17(16(21)9-13)23-12-15(10-19(23)24)20(25)22-11-14-5-3-4-6-18(14)26-2/h3-9,15H,10-12H2,1-2H3,(H,22,25). The van der Waals surface area contributed by atoms with E-state index in [4.69, 9.17) is 4.74 Å². The molecule has 1 unspecified atom stereocenters. The van der Waals surface area contributed by atoms with Gasteiger partial charge in [-0.25, -0.2) is 4.39 Å². The van der Waals surface area contributed by atoms with Gasteiger partial charge in [0.1, 0.15) is 11.6 Å². The third kappa shape index (κ3) is 3.69. The third-order valence-corrected chi connectivity index (χ3v) is 4.54. The summed E-state index contributed by atoms with van der Waals surface area (Å²) in [4.78, 5) is 26.1. The van der Waals surface area contributed by atoms with Crippen LogP contribution in [0.5, 0.6) is 5.75 Å². The van der Waals surface area contributed by atoms with E-state index in [1.807, 2.05) is 24.3 Å². The Kier molecular flexibility index (Phi) is 5.21. The van der Waals surface area contributed by atoms with E-state index in [2.05, 4.69) is 5.32 Å². The molecule has 136 valence electrons. The molecule has 26 heavy (non-hydrogen) atoms. The number of rotatable bonds is 5. The van der Waals surface area contributed by atoms with Gasteiger partial charge in [-0.15, -0.1) is 0 Å². The Balaban J connectivity index is 1.65. The largest absolute Gasteiger partial charge is 0.496 e. The minimum atomic E-state index is -0.502. The van der Waals surface area contributed by atoms with Crippen molar-refractivity contribution in [2.75, 3.05) is 18.6 Å². The minimum Gasteiger partial charge on any atom is -0.496 e. The second-order valence-electron chi connectivity index (χ2n) is 6.39. The lowest BCUT2D eigenvalue weighted by molar-refractivity contribution is -0.126. The van der Waals surface area contributed by atoms with Gasteiger partial charge in [-0.2, -0.15) is 0 Å². The fraction of sp³-hybridized carbons (Fsp3) is 0.300. The summed E-state index contributed by atoms with van der Waals surface area (Å²) in [6.07, 6.45) is 0.0745. The van der Waals surface area contributed by atoms with Crippen molar-refractivity contribution in [3.63, 3.8) is 0 Å². The monoisotopic (exact) mass is 356 g/mol. The maximum atomic E-state index is 14.1. The summed E-state index contributed by atoms with van der Waals surface area (Å²) in [5.41, 5.74) is 1.86. The zero-order valence-electron chi connectivity index (χ0n) is 14.8. The molecule has 1 atom stereocenters. The number of para-hydroxylation sites is 1. The average Bonchev–Trinajstić information content (AvgIpc) is 3.01. The topological polar surface area (TPSA) is 58.6 Å². The molecule has 3 rings (SSSR count). The normalized spacial score (nSPS) is 16.7. The van der Waals surface area contributed by atoms with Crippen molar-refractivity contribution in [1.82, 2.24) is 5.32 Å². The van der Waals surface area contributed by atoms with E-state index in [9.17, 15) is 14.0 Å². The Labute approximate surface area is 151 Å². The highest BCUT2D eigenvalue weighted by molar-refractivity contribution is 6.00. The van der Waals surface area contributed by atoms with Gasteiger partial charge >= 0.3 is 0 Å². The van der Waals surface area contributed by atoms with Crippen LogP contribution in [0.15, 0.2) is 42.5 Å². The van der Waals surface area contributed by atoms with E-state index in [0.717, 1.165) is 11.1 Å². The zero-order valence-corrected chi connectivity index (χ0v) is 14.8. The van der Waals surface area contributed by atoms with Gasteiger partial charge in [0.2, 0.25) is 11.8 Å². The summed E-state index contributed by atoms with van der Waals surface area (Å²) in [6.45, 7) is 2.27. The number of hydrogen-bond acceptors (Lipinski definition) is 3. The van der Waals surface area contributed by atoms with Crippen molar-refractivity contribution in [2.45, 2.75) is 19.9 Å². The number of benzene rings is 2. The third-order valence-electron chi connectivity index (χ3n) is 4.54. The Morgan fingerprint density at radius 1 is 1.31 bits per heavy atom. The Morgan fingerprint density at radius 3 is 2.81 bits per heavy atom. The van der Waals surface area contributed by atoms with Gasteiger partial charge in [-0.05, 0) is 30.7 Å². The van der Waals surface area contributed by atoms with E-state index in [1.54, 1.807) is 26.2 Å². The van der Waals surface area contributed by atoms with E-state index < -0.39 is 11.7 Å². The number of ether oxygens (including phenoxy) is 1. The van der Waals surface area contributed by atoms with Crippen LogP contribution < -0.4 is 15.0 Å². The molecule has 2 amide bonds. The summed E-state index contributed by atoms with van der Waals surface area (Å²) in [7, 11) is 1.57. The fourth-order valence-electron chi connectivity index (χ4n) is 3.12. The SMILES string of the molecule is COc1ccccc1CNC(=O)C1CC(=O)N(c2ccc(C)cc2F)C1. The molecule has 2 aromatic carbocycles. The molecular formula is C20H21FN2O3. The highest BCUT2D eigenvalue weighted by Gasteiger charge is 2.36. The molecule has 1 N–H and O–H groups in total. The summed E-state index contributed by atoms with van der Waals surface area (Å²) in [5.74, 6) is -0.727. The molecule has 0 aliphatic carbocycles. The molecule has 0 saturated carbocycles. The molecule has 1 fully saturated rings. The lowest BCUT2D eigenvalue weighted by Crippen LogP contribution is -2.33. The molecular weight excluding hydrogens is 335 g/mol. The van der Waals surface area contributed by atoms with E-state index in [0.29, 0.717) is 12.3 Å².